The average Bonchev–Trinajstić information content (AvgIpc) is 3.09. The molecule has 1 aliphatic heterocycles. The highest BCUT2D eigenvalue weighted by atomic mass is 16.1. The fraction of sp³-hybridized carbons (Fsp3) is 0.737. The number of carbonyl (C=O) groups excluding carboxylic acids is 1. The van der Waals surface area contributed by atoms with E-state index in [0.29, 0.717) is 24.9 Å². The van der Waals surface area contributed by atoms with Crippen molar-refractivity contribution in [1.29, 1.82) is 0 Å². The Labute approximate surface area is 145 Å². The molecule has 5 nitrogen and oxygen atoms in total. The summed E-state index contributed by atoms with van der Waals surface area (Å²) in [7, 11) is 1.68. The van der Waals surface area contributed by atoms with Gasteiger partial charge in [-0.05, 0) is 51.6 Å². The van der Waals surface area contributed by atoms with Crippen LogP contribution in [0.4, 0.5) is 0 Å². The van der Waals surface area contributed by atoms with Crippen LogP contribution in [0.25, 0.3) is 0 Å². The van der Waals surface area contributed by atoms with E-state index in [9.17, 15) is 4.79 Å². The maximum Gasteiger partial charge on any atom is 0.220 e. The summed E-state index contributed by atoms with van der Waals surface area (Å²) in [6, 6.07) is 3.10. The summed E-state index contributed by atoms with van der Waals surface area (Å²) in [5, 5.41) is 2.68. The molecule has 1 N–H and O–H groups in total. The Morgan fingerprint density at radius 1 is 1.21 bits per heavy atom. The summed E-state index contributed by atoms with van der Waals surface area (Å²) in [5.41, 5.74) is 2.01. The van der Waals surface area contributed by atoms with Gasteiger partial charge in [-0.2, -0.15) is 0 Å². The summed E-state index contributed by atoms with van der Waals surface area (Å²) in [4.78, 5) is 23.8. The van der Waals surface area contributed by atoms with Gasteiger partial charge in [0, 0.05) is 30.9 Å². The van der Waals surface area contributed by atoms with Gasteiger partial charge in [-0.15, -0.1) is 0 Å². The highest BCUT2D eigenvalue weighted by Crippen LogP contribution is 2.36. The van der Waals surface area contributed by atoms with Crippen LogP contribution in [0.1, 0.15) is 74.6 Å². The standard InChI is InChI=1S/C19H30N4O/c1-14-13-15(10-11-18(24)20-2)22-19(21-14)17-9-6-12-23(17)16-7-4-3-5-8-16/h13,16-17H,3-12H2,1-2H3,(H,20,24). The first-order valence-corrected chi connectivity index (χ1v) is 9.48. The molecule has 2 fully saturated rings. The van der Waals surface area contributed by atoms with Crippen molar-refractivity contribution >= 4 is 5.91 Å². The van der Waals surface area contributed by atoms with Crippen molar-refractivity contribution in [2.75, 3.05) is 13.6 Å². The highest BCUT2D eigenvalue weighted by Gasteiger charge is 2.34. The zero-order valence-electron chi connectivity index (χ0n) is 15.1. The van der Waals surface area contributed by atoms with E-state index in [1.165, 1.54) is 45.1 Å². The van der Waals surface area contributed by atoms with E-state index in [2.05, 4.69) is 10.2 Å². The third-order valence-corrected chi connectivity index (χ3v) is 5.45. The molecule has 2 heterocycles. The Morgan fingerprint density at radius 3 is 2.75 bits per heavy atom. The number of aromatic nitrogens is 2. The van der Waals surface area contributed by atoms with Crippen LogP contribution in [0, 0.1) is 6.92 Å². The number of aryl methyl sites for hydroxylation is 2. The van der Waals surface area contributed by atoms with Crippen LogP contribution in [0.5, 0.6) is 0 Å². The van der Waals surface area contributed by atoms with Crippen molar-refractivity contribution in [3.63, 3.8) is 0 Å². The van der Waals surface area contributed by atoms with E-state index < -0.39 is 0 Å². The molecule has 1 saturated carbocycles. The van der Waals surface area contributed by atoms with Gasteiger partial charge in [0.1, 0.15) is 5.82 Å². The molecule has 132 valence electrons. The fourth-order valence-corrected chi connectivity index (χ4v) is 4.22. The number of amides is 1. The molecular weight excluding hydrogens is 300 g/mol. The SMILES string of the molecule is CNC(=O)CCc1cc(C)nc(C2CCCN2C2CCCCC2)n1. The third kappa shape index (κ3) is 4.12. The lowest BCUT2D eigenvalue weighted by Gasteiger charge is -2.35. The molecule has 2 aliphatic rings. The number of nitrogens with one attached hydrogen (secondary N) is 1. The Morgan fingerprint density at radius 2 is 2.00 bits per heavy atom. The quantitative estimate of drug-likeness (QED) is 0.902. The van der Waals surface area contributed by atoms with Gasteiger partial charge in [0.25, 0.3) is 0 Å². The van der Waals surface area contributed by atoms with E-state index in [-0.39, 0.29) is 5.91 Å². The Kier molecular flexibility index (Phi) is 5.82. The van der Waals surface area contributed by atoms with Gasteiger partial charge < -0.3 is 5.32 Å². The van der Waals surface area contributed by atoms with Gasteiger partial charge in [-0.1, -0.05) is 19.3 Å². The number of rotatable bonds is 5. The lowest BCUT2D eigenvalue weighted by molar-refractivity contribution is -0.120. The van der Waals surface area contributed by atoms with Gasteiger partial charge in [-0.3, -0.25) is 9.69 Å². The molecule has 0 aromatic carbocycles. The highest BCUT2D eigenvalue weighted by molar-refractivity contribution is 5.75. The molecule has 1 saturated heterocycles. The fourth-order valence-electron chi connectivity index (χ4n) is 4.22. The number of likely N-dealkylation sites (tertiary alicyclic amines) is 1. The smallest absolute Gasteiger partial charge is 0.220 e. The Hall–Kier alpha value is -1.49. The molecule has 3 rings (SSSR count). The number of hydrogen-bond donors (Lipinski definition) is 1. The van der Waals surface area contributed by atoms with E-state index in [4.69, 9.17) is 9.97 Å². The van der Waals surface area contributed by atoms with Gasteiger partial charge in [0.2, 0.25) is 5.91 Å². The van der Waals surface area contributed by atoms with Crippen LogP contribution >= 0.6 is 0 Å². The van der Waals surface area contributed by atoms with Crippen molar-refractivity contribution in [2.45, 2.75) is 76.8 Å². The molecule has 5 heteroatoms. The molecule has 1 atom stereocenters. The molecule has 1 unspecified atom stereocenters. The lowest BCUT2D eigenvalue weighted by atomic mass is 9.93. The largest absolute Gasteiger partial charge is 0.359 e. The molecule has 1 aromatic rings. The van der Waals surface area contributed by atoms with Crippen LogP contribution in [-0.2, 0) is 11.2 Å². The second-order valence-electron chi connectivity index (χ2n) is 7.22. The molecule has 0 radical (unpaired) electrons. The first-order valence-electron chi connectivity index (χ1n) is 9.48. The predicted molar refractivity (Wildman–Crippen MR) is 94.7 cm³/mol. The third-order valence-electron chi connectivity index (χ3n) is 5.45. The van der Waals surface area contributed by atoms with Crippen LogP contribution in [-0.4, -0.2) is 40.4 Å². The molecule has 1 amide bonds. The number of hydrogen-bond acceptors (Lipinski definition) is 4. The van der Waals surface area contributed by atoms with Crippen molar-refractivity contribution in [3.05, 3.63) is 23.3 Å². The first-order chi connectivity index (χ1) is 11.7. The number of carbonyl (C=O) groups is 1. The second-order valence-corrected chi connectivity index (χ2v) is 7.22. The van der Waals surface area contributed by atoms with Gasteiger partial charge in [0.05, 0.1) is 6.04 Å². The average molecular weight is 330 g/mol. The van der Waals surface area contributed by atoms with Crippen LogP contribution in [0.3, 0.4) is 0 Å². The summed E-state index contributed by atoms with van der Waals surface area (Å²) >= 11 is 0. The van der Waals surface area contributed by atoms with Crippen LogP contribution < -0.4 is 5.32 Å². The van der Waals surface area contributed by atoms with Gasteiger partial charge >= 0.3 is 0 Å². The topological polar surface area (TPSA) is 58.1 Å². The minimum atomic E-state index is 0.0671. The van der Waals surface area contributed by atoms with E-state index in [1.807, 2.05) is 13.0 Å². The Bertz CT molecular complexity index is 568. The molecular formula is C19H30N4O. The lowest BCUT2D eigenvalue weighted by Crippen LogP contribution is -2.37. The molecule has 0 bridgehead atoms. The second kappa shape index (κ2) is 8.06. The predicted octanol–water partition coefficient (Wildman–Crippen LogP) is 2.93. The van der Waals surface area contributed by atoms with Crippen LogP contribution in [0.15, 0.2) is 6.07 Å². The summed E-state index contributed by atoms with van der Waals surface area (Å²) in [5.74, 6) is 1.04. The summed E-state index contributed by atoms with van der Waals surface area (Å²) in [6.45, 7) is 3.22. The van der Waals surface area contributed by atoms with Gasteiger partial charge in [-0.25, -0.2) is 9.97 Å². The molecule has 1 aliphatic carbocycles. The van der Waals surface area contributed by atoms with Crippen molar-refractivity contribution in [2.24, 2.45) is 0 Å². The maximum absolute atomic E-state index is 11.5. The summed E-state index contributed by atoms with van der Waals surface area (Å²) in [6.07, 6.45) is 10.3. The van der Waals surface area contributed by atoms with Gasteiger partial charge in [0.15, 0.2) is 0 Å². The molecule has 0 spiro atoms. The molecule has 1 aromatic heterocycles. The zero-order chi connectivity index (χ0) is 16.9. The minimum Gasteiger partial charge on any atom is -0.359 e. The Balaban J connectivity index is 1.74. The van der Waals surface area contributed by atoms with Crippen molar-refractivity contribution in [3.8, 4) is 0 Å². The normalized spacial score (nSPS) is 22.7. The zero-order valence-corrected chi connectivity index (χ0v) is 15.1. The van der Waals surface area contributed by atoms with Crippen LogP contribution in [0.2, 0.25) is 0 Å². The maximum atomic E-state index is 11.5. The number of nitrogens with zero attached hydrogens (tertiary/aromatic N) is 3. The monoisotopic (exact) mass is 330 g/mol. The van der Waals surface area contributed by atoms with E-state index >= 15 is 0 Å². The first kappa shape index (κ1) is 17.3. The van der Waals surface area contributed by atoms with Crippen molar-refractivity contribution in [1.82, 2.24) is 20.2 Å². The minimum absolute atomic E-state index is 0.0671. The van der Waals surface area contributed by atoms with E-state index in [0.717, 1.165) is 23.6 Å². The van der Waals surface area contributed by atoms with Crippen molar-refractivity contribution < 1.29 is 4.79 Å². The van der Waals surface area contributed by atoms with E-state index in [1.54, 1.807) is 7.05 Å². The molecule has 24 heavy (non-hydrogen) atoms. The summed E-state index contributed by atoms with van der Waals surface area (Å²) < 4.78 is 0.